The summed E-state index contributed by atoms with van der Waals surface area (Å²) >= 11 is 3.84. The van der Waals surface area contributed by atoms with Crippen LogP contribution in [0.3, 0.4) is 0 Å². The van der Waals surface area contributed by atoms with Crippen LogP contribution < -0.4 is 11.1 Å². The summed E-state index contributed by atoms with van der Waals surface area (Å²) in [7, 11) is 0. The lowest BCUT2D eigenvalue weighted by Gasteiger charge is -2.11. The highest BCUT2D eigenvalue weighted by Gasteiger charge is 2.25. The molecule has 4 aromatic rings. The number of hydrogen-bond donors (Lipinski definition) is 2. The van der Waals surface area contributed by atoms with Crippen molar-refractivity contribution in [3.63, 3.8) is 0 Å². The fourth-order valence-corrected chi connectivity index (χ4v) is 4.89. The van der Waals surface area contributed by atoms with E-state index < -0.39 is 34.7 Å². The fraction of sp³-hybridized carbons (Fsp3) is 0.143. The minimum absolute atomic E-state index is 0.00553. The maximum atomic E-state index is 13.5. The van der Waals surface area contributed by atoms with Gasteiger partial charge in [-0.1, -0.05) is 30.3 Å². The molecule has 10 nitrogen and oxygen atoms in total. The lowest BCUT2D eigenvalue weighted by Crippen LogP contribution is -2.18. The van der Waals surface area contributed by atoms with Crippen LogP contribution >= 0.6 is 27.3 Å². The van der Waals surface area contributed by atoms with Gasteiger partial charge in [0, 0.05) is 11.8 Å². The highest BCUT2D eigenvalue weighted by Crippen LogP contribution is 2.42. The fourth-order valence-electron chi connectivity index (χ4n) is 3.41. The number of primary amides is 1. The average Bonchev–Trinajstić information content (AvgIpc) is 3.38. The first-order valence-electron chi connectivity index (χ1n) is 9.93. The van der Waals surface area contributed by atoms with Crippen LogP contribution in [0, 0.1) is 10.1 Å². The van der Waals surface area contributed by atoms with Gasteiger partial charge in [-0.05, 0) is 38.0 Å². The molecule has 3 N–H and O–H groups in total. The summed E-state index contributed by atoms with van der Waals surface area (Å²) in [5.74, 6) is -1.79. The number of alkyl halides is 2. The standard InChI is InChI=1S/C21H15BrF2N6O4S/c22-12-9-29(28-20(12)30(33)34)7-6-14(31)27-16-15-11(10-4-2-1-3-5-10)8-13(18(23)24)26-21(15)35-17(16)19(25)32/h1-5,8-9,18H,6-7H2,(H2,25,32)(H,27,31). The van der Waals surface area contributed by atoms with E-state index in [4.69, 9.17) is 5.73 Å². The van der Waals surface area contributed by atoms with Gasteiger partial charge in [0.2, 0.25) is 5.91 Å². The second kappa shape index (κ2) is 9.84. The molecule has 0 saturated carbocycles. The Labute approximate surface area is 208 Å². The Balaban J connectivity index is 1.72. The molecule has 3 heterocycles. The molecule has 0 saturated heterocycles. The van der Waals surface area contributed by atoms with Crippen molar-refractivity contribution in [3.8, 4) is 11.1 Å². The summed E-state index contributed by atoms with van der Waals surface area (Å²) < 4.78 is 28.5. The summed E-state index contributed by atoms with van der Waals surface area (Å²) in [5, 5.41) is 17.7. The number of nitrogens with two attached hydrogens (primary N) is 1. The van der Waals surface area contributed by atoms with Gasteiger partial charge < -0.3 is 21.2 Å². The number of pyridine rings is 1. The molecule has 0 atom stereocenters. The van der Waals surface area contributed by atoms with E-state index in [9.17, 15) is 28.5 Å². The van der Waals surface area contributed by atoms with Crippen LogP contribution in [-0.4, -0.2) is 31.5 Å². The number of nitro groups is 1. The Morgan fingerprint density at radius 2 is 2.00 bits per heavy atom. The van der Waals surface area contributed by atoms with Crippen LogP contribution in [0.25, 0.3) is 21.3 Å². The van der Waals surface area contributed by atoms with Gasteiger partial charge in [0.25, 0.3) is 12.3 Å². The van der Waals surface area contributed by atoms with Crippen LogP contribution in [0.4, 0.5) is 20.3 Å². The normalized spacial score (nSPS) is 11.2. The molecular weight excluding hydrogens is 550 g/mol. The number of aryl methyl sites for hydroxylation is 1. The molecule has 3 aromatic heterocycles. The molecule has 0 fully saturated rings. The average molecular weight is 565 g/mol. The predicted molar refractivity (Wildman–Crippen MR) is 128 cm³/mol. The van der Waals surface area contributed by atoms with Crippen LogP contribution in [0.1, 0.15) is 28.2 Å². The first-order valence-corrected chi connectivity index (χ1v) is 11.5. The molecule has 4 rings (SSSR count). The number of amides is 2. The number of carbonyl (C=O) groups excluding carboxylic acids is 2. The van der Waals surface area contributed by atoms with Crippen molar-refractivity contribution in [3.05, 3.63) is 67.8 Å². The summed E-state index contributed by atoms with van der Waals surface area (Å²) in [6.07, 6.45) is -1.63. The topological polar surface area (TPSA) is 146 Å². The third-order valence-corrected chi connectivity index (χ3v) is 6.58. The number of thiophene rings is 1. The molecule has 180 valence electrons. The lowest BCUT2D eigenvalue weighted by atomic mass is 10.0. The molecule has 0 radical (unpaired) electrons. The van der Waals surface area contributed by atoms with Gasteiger partial charge in [-0.2, -0.15) is 4.68 Å². The maximum absolute atomic E-state index is 13.5. The van der Waals surface area contributed by atoms with Gasteiger partial charge in [0.15, 0.2) is 0 Å². The number of nitrogens with zero attached hydrogens (tertiary/aromatic N) is 4. The lowest BCUT2D eigenvalue weighted by molar-refractivity contribution is -0.390. The highest BCUT2D eigenvalue weighted by atomic mass is 79.9. The molecule has 0 aliphatic heterocycles. The van der Waals surface area contributed by atoms with Crippen LogP contribution in [0.5, 0.6) is 0 Å². The van der Waals surface area contributed by atoms with E-state index >= 15 is 0 Å². The number of hydrogen-bond acceptors (Lipinski definition) is 7. The van der Waals surface area contributed by atoms with Crippen molar-refractivity contribution in [1.29, 1.82) is 0 Å². The summed E-state index contributed by atoms with van der Waals surface area (Å²) in [5.41, 5.74) is 6.05. The van der Waals surface area contributed by atoms with Crippen molar-refractivity contribution in [1.82, 2.24) is 14.8 Å². The van der Waals surface area contributed by atoms with Crippen LogP contribution in [0.2, 0.25) is 0 Å². The monoisotopic (exact) mass is 564 g/mol. The number of rotatable bonds is 8. The first-order chi connectivity index (χ1) is 16.7. The maximum Gasteiger partial charge on any atom is 0.404 e. The van der Waals surface area contributed by atoms with Gasteiger partial charge in [-0.25, -0.2) is 13.8 Å². The zero-order valence-corrected chi connectivity index (χ0v) is 20.0. The summed E-state index contributed by atoms with van der Waals surface area (Å²) in [6.45, 7) is 0.00553. The van der Waals surface area contributed by atoms with Crippen molar-refractivity contribution in [2.75, 3.05) is 5.32 Å². The Morgan fingerprint density at radius 3 is 2.60 bits per heavy atom. The number of benzene rings is 1. The third kappa shape index (κ3) is 5.02. The first kappa shape index (κ1) is 24.3. The minimum atomic E-state index is -2.85. The third-order valence-electron chi connectivity index (χ3n) is 4.92. The smallest absolute Gasteiger partial charge is 0.365 e. The molecule has 0 aliphatic rings. The number of nitrogens with one attached hydrogen (secondary N) is 1. The molecule has 35 heavy (non-hydrogen) atoms. The van der Waals surface area contributed by atoms with Gasteiger partial charge in [0.1, 0.15) is 19.9 Å². The van der Waals surface area contributed by atoms with E-state index in [-0.39, 0.29) is 32.8 Å². The Hall–Kier alpha value is -3.78. The molecule has 0 aliphatic carbocycles. The van der Waals surface area contributed by atoms with Crippen molar-refractivity contribution < 1.29 is 23.3 Å². The summed E-state index contributed by atoms with van der Waals surface area (Å²) in [6, 6.07) is 9.85. The van der Waals surface area contributed by atoms with Gasteiger partial charge in [-0.3, -0.25) is 9.59 Å². The minimum Gasteiger partial charge on any atom is -0.365 e. The van der Waals surface area contributed by atoms with Crippen LogP contribution in [0.15, 0.2) is 47.1 Å². The Bertz CT molecular complexity index is 1460. The highest BCUT2D eigenvalue weighted by molar-refractivity contribution is 9.10. The van der Waals surface area contributed by atoms with Gasteiger partial charge in [0.05, 0.1) is 23.5 Å². The second-order valence-corrected chi connectivity index (χ2v) is 9.08. The molecule has 0 bridgehead atoms. The molecular formula is C21H15BrF2N6O4S. The number of aromatic nitrogens is 3. The van der Waals surface area contributed by atoms with Crippen molar-refractivity contribution >= 4 is 60.8 Å². The number of halogens is 3. The second-order valence-electron chi connectivity index (χ2n) is 7.23. The summed E-state index contributed by atoms with van der Waals surface area (Å²) in [4.78, 5) is 39.3. The van der Waals surface area contributed by atoms with E-state index in [1.54, 1.807) is 30.3 Å². The van der Waals surface area contributed by atoms with Crippen LogP contribution in [-0.2, 0) is 11.3 Å². The molecule has 14 heteroatoms. The SMILES string of the molecule is NC(=O)c1sc2nc(C(F)F)cc(-c3ccccc3)c2c1NC(=O)CCn1cc(Br)c([N+](=O)[O-])n1. The zero-order valence-electron chi connectivity index (χ0n) is 17.6. The van der Waals surface area contributed by atoms with Gasteiger partial charge in [-0.15, -0.1) is 11.3 Å². The number of anilines is 1. The van der Waals surface area contributed by atoms with Gasteiger partial charge >= 0.3 is 5.82 Å². The number of carbonyl (C=O) groups is 2. The van der Waals surface area contributed by atoms with E-state index in [1.165, 1.54) is 16.9 Å². The molecule has 2 amide bonds. The Morgan fingerprint density at radius 1 is 1.29 bits per heavy atom. The van der Waals surface area contributed by atoms with E-state index in [0.29, 0.717) is 16.5 Å². The molecule has 1 aromatic carbocycles. The van der Waals surface area contributed by atoms with E-state index in [2.05, 4.69) is 31.3 Å². The van der Waals surface area contributed by atoms with Crippen molar-refractivity contribution in [2.24, 2.45) is 5.73 Å². The largest absolute Gasteiger partial charge is 0.404 e. The Kier molecular flexibility index (Phi) is 6.84. The van der Waals surface area contributed by atoms with E-state index in [1.807, 2.05) is 0 Å². The van der Waals surface area contributed by atoms with Crippen molar-refractivity contribution in [2.45, 2.75) is 19.4 Å². The quantitative estimate of drug-likeness (QED) is 0.230. The van der Waals surface area contributed by atoms with E-state index in [0.717, 1.165) is 11.3 Å². The molecule has 0 spiro atoms. The molecule has 0 unspecified atom stereocenters. The zero-order chi connectivity index (χ0) is 25.3. The number of fused-ring (bicyclic) bond motifs is 1. The predicted octanol–water partition coefficient (Wildman–Crippen LogP) is 4.90.